The zero-order valence-corrected chi connectivity index (χ0v) is 10.8. The van der Waals surface area contributed by atoms with Gasteiger partial charge >= 0.3 is 5.97 Å². The highest BCUT2D eigenvalue weighted by Gasteiger charge is 2.16. The molecule has 1 aromatic rings. The third kappa shape index (κ3) is 5.03. The van der Waals surface area contributed by atoms with E-state index < -0.39 is 0 Å². The van der Waals surface area contributed by atoms with E-state index in [-0.39, 0.29) is 11.9 Å². The summed E-state index contributed by atoms with van der Waals surface area (Å²) >= 11 is 0. The summed E-state index contributed by atoms with van der Waals surface area (Å²) < 4.78 is 5.06. The van der Waals surface area contributed by atoms with Gasteiger partial charge in [0.05, 0.1) is 12.5 Å². The van der Waals surface area contributed by atoms with E-state index in [9.17, 15) is 4.79 Å². The van der Waals surface area contributed by atoms with Crippen LogP contribution >= 0.6 is 0 Å². The Morgan fingerprint density at radius 1 is 1.24 bits per heavy atom. The van der Waals surface area contributed by atoms with Crippen molar-refractivity contribution in [1.82, 2.24) is 0 Å². The van der Waals surface area contributed by atoms with Crippen LogP contribution in [-0.4, -0.2) is 12.6 Å². The van der Waals surface area contributed by atoms with Gasteiger partial charge in [0.15, 0.2) is 0 Å². The molecule has 0 heterocycles. The molecule has 0 fully saturated rings. The summed E-state index contributed by atoms with van der Waals surface area (Å²) in [5.41, 5.74) is 1.34. The molecule has 0 aliphatic rings. The standard InChI is InChI=1S/C15H22O2/c1-3-14(15(16)17-4-2)12-8-11-13-9-6-5-7-10-13/h5-7,9-10,14H,3-4,8,11-12H2,1-2H3. The summed E-state index contributed by atoms with van der Waals surface area (Å²) in [7, 11) is 0. The molecule has 0 spiro atoms. The number of carbonyl (C=O) groups excluding carboxylic acids is 1. The van der Waals surface area contributed by atoms with Crippen LogP contribution in [0.25, 0.3) is 0 Å². The van der Waals surface area contributed by atoms with Gasteiger partial charge in [-0.25, -0.2) is 0 Å². The van der Waals surface area contributed by atoms with E-state index in [0.29, 0.717) is 6.61 Å². The summed E-state index contributed by atoms with van der Waals surface area (Å²) in [6, 6.07) is 10.4. The Morgan fingerprint density at radius 2 is 1.94 bits per heavy atom. The molecule has 1 aromatic carbocycles. The fourth-order valence-corrected chi connectivity index (χ4v) is 1.95. The van der Waals surface area contributed by atoms with E-state index in [1.807, 2.05) is 19.9 Å². The highest BCUT2D eigenvalue weighted by molar-refractivity contribution is 5.72. The monoisotopic (exact) mass is 234 g/mol. The lowest BCUT2D eigenvalue weighted by atomic mass is 9.97. The molecule has 0 bridgehead atoms. The second-order valence-corrected chi connectivity index (χ2v) is 4.24. The predicted molar refractivity (Wildman–Crippen MR) is 69.8 cm³/mol. The van der Waals surface area contributed by atoms with Gasteiger partial charge in [0, 0.05) is 0 Å². The van der Waals surface area contributed by atoms with Crippen LogP contribution in [0.5, 0.6) is 0 Å². The quantitative estimate of drug-likeness (QED) is 0.674. The topological polar surface area (TPSA) is 26.3 Å². The third-order valence-electron chi connectivity index (χ3n) is 2.97. The molecule has 2 nitrogen and oxygen atoms in total. The maximum absolute atomic E-state index is 11.6. The van der Waals surface area contributed by atoms with Crippen molar-refractivity contribution in [2.24, 2.45) is 5.92 Å². The number of carbonyl (C=O) groups is 1. The van der Waals surface area contributed by atoms with Crippen molar-refractivity contribution in [1.29, 1.82) is 0 Å². The molecule has 0 aliphatic carbocycles. The minimum absolute atomic E-state index is 0.0388. The van der Waals surface area contributed by atoms with Crippen LogP contribution in [-0.2, 0) is 16.0 Å². The molecule has 0 aromatic heterocycles. The zero-order chi connectivity index (χ0) is 12.5. The molecule has 2 heteroatoms. The Bertz CT molecular complexity index is 319. The van der Waals surface area contributed by atoms with Gasteiger partial charge in [0.1, 0.15) is 0 Å². The Balaban J connectivity index is 2.31. The van der Waals surface area contributed by atoms with Crippen LogP contribution in [0.3, 0.4) is 0 Å². The van der Waals surface area contributed by atoms with Crippen molar-refractivity contribution in [3.63, 3.8) is 0 Å². The Hall–Kier alpha value is -1.31. The van der Waals surface area contributed by atoms with Crippen molar-refractivity contribution in [2.75, 3.05) is 6.61 Å². The number of ether oxygens (including phenoxy) is 1. The van der Waals surface area contributed by atoms with Crippen LogP contribution in [0.4, 0.5) is 0 Å². The molecule has 1 unspecified atom stereocenters. The van der Waals surface area contributed by atoms with Crippen molar-refractivity contribution in [3.05, 3.63) is 35.9 Å². The van der Waals surface area contributed by atoms with Crippen LogP contribution in [0.1, 0.15) is 38.7 Å². The Kier molecular flexibility index (Phi) is 6.38. The first-order chi connectivity index (χ1) is 8.27. The van der Waals surface area contributed by atoms with E-state index >= 15 is 0 Å². The normalized spacial score (nSPS) is 12.1. The first-order valence-corrected chi connectivity index (χ1v) is 6.48. The number of rotatable bonds is 7. The molecule has 17 heavy (non-hydrogen) atoms. The second kappa shape index (κ2) is 7.88. The predicted octanol–water partition coefficient (Wildman–Crippen LogP) is 3.60. The van der Waals surface area contributed by atoms with E-state index in [0.717, 1.165) is 25.7 Å². The molecule has 1 atom stereocenters. The van der Waals surface area contributed by atoms with Gasteiger partial charge in [-0.2, -0.15) is 0 Å². The van der Waals surface area contributed by atoms with Gasteiger partial charge in [-0.1, -0.05) is 37.3 Å². The smallest absolute Gasteiger partial charge is 0.308 e. The van der Waals surface area contributed by atoms with Crippen LogP contribution in [0, 0.1) is 5.92 Å². The van der Waals surface area contributed by atoms with Crippen molar-refractivity contribution < 1.29 is 9.53 Å². The third-order valence-corrected chi connectivity index (χ3v) is 2.97. The largest absolute Gasteiger partial charge is 0.466 e. The highest BCUT2D eigenvalue weighted by atomic mass is 16.5. The average molecular weight is 234 g/mol. The van der Waals surface area contributed by atoms with E-state index in [2.05, 4.69) is 24.3 Å². The lowest BCUT2D eigenvalue weighted by Gasteiger charge is -2.13. The number of benzene rings is 1. The van der Waals surface area contributed by atoms with Crippen LogP contribution in [0.2, 0.25) is 0 Å². The van der Waals surface area contributed by atoms with Crippen molar-refractivity contribution in [2.45, 2.75) is 39.5 Å². The van der Waals surface area contributed by atoms with E-state index in [1.165, 1.54) is 5.56 Å². The minimum Gasteiger partial charge on any atom is -0.466 e. The van der Waals surface area contributed by atoms with Crippen LogP contribution < -0.4 is 0 Å². The molecule has 0 radical (unpaired) electrons. The summed E-state index contributed by atoms with van der Waals surface area (Å²) in [5, 5.41) is 0. The first-order valence-electron chi connectivity index (χ1n) is 6.48. The molecule has 0 saturated heterocycles. The SMILES string of the molecule is CCOC(=O)C(CC)CCCc1ccccc1. The number of hydrogen-bond donors (Lipinski definition) is 0. The molecule has 94 valence electrons. The van der Waals surface area contributed by atoms with Gasteiger partial charge in [-0.05, 0) is 38.2 Å². The fraction of sp³-hybridized carbons (Fsp3) is 0.533. The van der Waals surface area contributed by atoms with E-state index in [4.69, 9.17) is 4.74 Å². The van der Waals surface area contributed by atoms with E-state index in [1.54, 1.807) is 0 Å². The molecular weight excluding hydrogens is 212 g/mol. The number of esters is 1. The molecule has 0 saturated carbocycles. The molecule has 0 N–H and O–H groups in total. The Morgan fingerprint density at radius 3 is 2.53 bits per heavy atom. The van der Waals surface area contributed by atoms with Gasteiger partial charge in [0.2, 0.25) is 0 Å². The summed E-state index contributed by atoms with van der Waals surface area (Å²) in [6.07, 6.45) is 3.87. The maximum Gasteiger partial charge on any atom is 0.308 e. The fourth-order valence-electron chi connectivity index (χ4n) is 1.95. The summed E-state index contributed by atoms with van der Waals surface area (Å²) in [6.45, 7) is 4.38. The highest BCUT2D eigenvalue weighted by Crippen LogP contribution is 2.15. The van der Waals surface area contributed by atoms with Crippen molar-refractivity contribution >= 4 is 5.97 Å². The maximum atomic E-state index is 11.6. The minimum atomic E-state index is -0.0388. The lowest BCUT2D eigenvalue weighted by molar-refractivity contribution is -0.148. The van der Waals surface area contributed by atoms with Gasteiger partial charge in [-0.15, -0.1) is 0 Å². The number of aryl methyl sites for hydroxylation is 1. The number of hydrogen-bond acceptors (Lipinski definition) is 2. The molecule has 1 rings (SSSR count). The first kappa shape index (κ1) is 13.8. The zero-order valence-electron chi connectivity index (χ0n) is 10.8. The second-order valence-electron chi connectivity index (χ2n) is 4.24. The molecule has 0 amide bonds. The molecule has 0 aliphatic heterocycles. The van der Waals surface area contributed by atoms with Crippen molar-refractivity contribution in [3.8, 4) is 0 Å². The Labute approximate surface area is 104 Å². The summed E-state index contributed by atoms with van der Waals surface area (Å²) in [4.78, 5) is 11.6. The summed E-state index contributed by atoms with van der Waals surface area (Å²) in [5.74, 6) is 0.0294. The van der Waals surface area contributed by atoms with Gasteiger partial charge in [-0.3, -0.25) is 4.79 Å². The van der Waals surface area contributed by atoms with Gasteiger partial charge < -0.3 is 4.74 Å². The van der Waals surface area contributed by atoms with Crippen LogP contribution in [0.15, 0.2) is 30.3 Å². The lowest BCUT2D eigenvalue weighted by Crippen LogP contribution is -2.17. The molecular formula is C15H22O2. The average Bonchev–Trinajstić information content (AvgIpc) is 2.36. The van der Waals surface area contributed by atoms with Gasteiger partial charge in [0.25, 0.3) is 0 Å².